The van der Waals surface area contributed by atoms with Gasteiger partial charge in [-0.05, 0) is 25.0 Å². The van der Waals surface area contributed by atoms with Gasteiger partial charge in [-0.2, -0.15) is 0 Å². The summed E-state index contributed by atoms with van der Waals surface area (Å²) in [6, 6.07) is 7.06. The van der Waals surface area contributed by atoms with Gasteiger partial charge < -0.3 is 11.5 Å². The predicted octanol–water partition coefficient (Wildman–Crippen LogP) is 0.906. The van der Waals surface area contributed by atoms with Gasteiger partial charge in [0.05, 0.1) is 12.3 Å². The van der Waals surface area contributed by atoms with Gasteiger partial charge in [-0.25, -0.2) is 18.1 Å². The van der Waals surface area contributed by atoms with Gasteiger partial charge in [-0.3, -0.25) is 0 Å². The molecular formula is C12H21IN4O2S. The van der Waals surface area contributed by atoms with Crippen LogP contribution in [0.4, 0.5) is 0 Å². The summed E-state index contributed by atoms with van der Waals surface area (Å²) in [6.45, 7) is 3.83. The van der Waals surface area contributed by atoms with E-state index in [2.05, 4.69) is 9.71 Å². The Morgan fingerprint density at radius 3 is 2.30 bits per heavy atom. The highest BCUT2D eigenvalue weighted by Gasteiger charge is 2.14. The molecule has 0 amide bonds. The van der Waals surface area contributed by atoms with E-state index in [-0.39, 0.29) is 48.3 Å². The van der Waals surface area contributed by atoms with E-state index in [1.165, 1.54) is 0 Å². The van der Waals surface area contributed by atoms with E-state index in [4.69, 9.17) is 11.5 Å². The molecule has 20 heavy (non-hydrogen) atoms. The van der Waals surface area contributed by atoms with Crippen molar-refractivity contribution in [3.63, 3.8) is 0 Å². The Balaban J connectivity index is 0.00000361. The lowest BCUT2D eigenvalue weighted by molar-refractivity contribution is 0.569. The number of nitrogens with one attached hydrogen (secondary N) is 1. The number of aliphatic imine (C=N–C) groups is 1. The lowest BCUT2D eigenvalue weighted by Crippen LogP contribution is -2.31. The van der Waals surface area contributed by atoms with Crippen molar-refractivity contribution in [1.82, 2.24) is 4.72 Å². The molecule has 0 spiro atoms. The average molecular weight is 412 g/mol. The number of hydrogen-bond acceptors (Lipinski definition) is 3. The van der Waals surface area contributed by atoms with Crippen molar-refractivity contribution in [2.45, 2.75) is 32.2 Å². The van der Waals surface area contributed by atoms with Crippen molar-refractivity contribution in [3.05, 3.63) is 35.4 Å². The van der Waals surface area contributed by atoms with Gasteiger partial charge in [0, 0.05) is 6.04 Å². The van der Waals surface area contributed by atoms with Crippen molar-refractivity contribution in [2.75, 3.05) is 0 Å². The first kappa shape index (κ1) is 19.1. The molecule has 0 saturated carbocycles. The molecule has 0 heterocycles. The first-order valence-electron chi connectivity index (χ1n) is 5.92. The minimum Gasteiger partial charge on any atom is -0.370 e. The van der Waals surface area contributed by atoms with Crippen LogP contribution in [0.1, 0.15) is 25.0 Å². The molecule has 0 atom stereocenters. The zero-order valence-electron chi connectivity index (χ0n) is 11.5. The molecule has 1 rings (SSSR count). The third-order valence-electron chi connectivity index (χ3n) is 2.31. The van der Waals surface area contributed by atoms with Crippen LogP contribution in [0, 0.1) is 0 Å². The van der Waals surface area contributed by atoms with E-state index in [0.717, 1.165) is 5.56 Å². The highest BCUT2D eigenvalue weighted by atomic mass is 127. The minimum atomic E-state index is -3.36. The number of nitrogens with zero attached hydrogens (tertiary/aromatic N) is 1. The predicted molar refractivity (Wildman–Crippen MR) is 92.3 cm³/mol. The average Bonchev–Trinajstić information content (AvgIpc) is 2.25. The van der Waals surface area contributed by atoms with Gasteiger partial charge in [-0.15, -0.1) is 24.0 Å². The molecule has 1 aromatic carbocycles. The maximum atomic E-state index is 11.9. The van der Waals surface area contributed by atoms with Gasteiger partial charge in [0.1, 0.15) is 0 Å². The largest absolute Gasteiger partial charge is 0.370 e. The summed E-state index contributed by atoms with van der Waals surface area (Å²) in [5.74, 6) is -0.0978. The summed E-state index contributed by atoms with van der Waals surface area (Å²) < 4.78 is 26.4. The first-order chi connectivity index (χ1) is 8.80. The number of benzene rings is 1. The smallest absolute Gasteiger partial charge is 0.216 e. The fourth-order valence-corrected chi connectivity index (χ4v) is 3.13. The molecule has 5 N–H and O–H groups in total. The van der Waals surface area contributed by atoms with Crippen molar-refractivity contribution in [3.8, 4) is 0 Å². The summed E-state index contributed by atoms with van der Waals surface area (Å²) in [5.41, 5.74) is 12.1. The van der Waals surface area contributed by atoms with Crippen LogP contribution < -0.4 is 16.2 Å². The Morgan fingerprint density at radius 1 is 1.25 bits per heavy atom. The number of halogens is 1. The third-order valence-corrected chi connectivity index (χ3v) is 3.83. The molecule has 0 aromatic heterocycles. The molecule has 0 saturated heterocycles. The standard InChI is InChI=1S/C12H20N4O2S.HI/c1-9(2)16-19(17,18)8-11-6-4-3-5-10(11)7-15-12(13)14;/h3-6,9,16H,7-8H2,1-2H3,(H4,13,14,15);1H. The van der Waals surface area contributed by atoms with Crippen LogP contribution in [0.3, 0.4) is 0 Å². The molecule has 6 nitrogen and oxygen atoms in total. The minimum absolute atomic E-state index is 0. The topological polar surface area (TPSA) is 111 Å². The summed E-state index contributed by atoms with van der Waals surface area (Å²) in [4.78, 5) is 3.90. The summed E-state index contributed by atoms with van der Waals surface area (Å²) >= 11 is 0. The van der Waals surface area contributed by atoms with Crippen LogP contribution in [0.5, 0.6) is 0 Å². The van der Waals surface area contributed by atoms with E-state index in [1.54, 1.807) is 26.0 Å². The van der Waals surface area contributed by atoms with Gasteiger partial charge >= 0.3 is 0 Å². The normalized spacial score (nSPS) is 10.9. The molecule has 1 aromatic rings. The Morgan fingerprint density at radius 2 is 1.80 bits per heavy atom. The second-order valence-electron chi connectivity index (χ2n) is 4.54. The lowest BCUT2D eigenvalue weighted by atomic mass is 10.1. The van der Waals surface area contributed by atoms with Crippen molar-refractivity contribution in [2.24, 2.45) is 16.5 Å². The van der Waals surface area contributed by atoms with Gasteiger partial charge in [0.2, 0.25) is 10.0 Å². The molecular weight excluding hydrogens is 391 g/mol. The molecule has 0 radical (unpaired) electrons. The second-order valence-corrected chi connectivity index (χ2v) is 6.30. The second kappa shape index (κ2) is 8.42. The van der Waals surface area contributed by atoms with E-state index < -0.39 is 10.0 Å². The van der Waals surface area contributed by atoms with Crippen LogP contribution in [-0.2, 0) is 22.3 Å². The van der Waals surface area contributed by atoms with Crippen molar-refractivity contribution in [1.29, 1.82) is 0 Å². The number of sulfonamides is 1. The fourth-order valence-electron chi connectivity index (χ4n) is 1.63. The van der Waals surface area contributed by atoms with E-state index in [1.807, 2.05) is 12.1 Å². The summed E-state index contributed by atoms with van der Waals surface area (Å²) in [5, 5.41) is 0. The van der Waals surface area contributed by atoms with Gasteiger partial charge in [0.25, 0.3) is 0 Å². The third kappa shape index (κ3) is 7.06. The van der Waals surface area contributed by atoms with E-state index >= 15 is 0 Å². The number of rotatable bonds is 6. The molecule has 0 unspecified atom stereocenters. The van der Waals surface area contributed by atoms with Crippen LogP contribution in [0.15, 0.2) is 29.3 Å². The Hall–Kier alpha value is -0.870. The highest BCUT2D eigenvalue weighted by Crippen LogP contribution is 2.13. The molecule has 114 valence electrons. The summed E-state index contributed by atoms with van der Waals surface area (Å²) in [6.07, 6.45) is 0. The first-order valence-corrected chi connectivity index (χ1v) is 7.57. The maximum Gasteiger partial charge on any atom is 0.216 e. The number of guanidine groups is 1. The van der Waals surface area contributed by atoms with Gasteiger partial charge in [0.15, 0.2) is 5.96 Å². The zero-order valence-corrected chi connectivity index (χ0v) is 14.7. The molecule has 0 aliphatic rings. The molecule has 0 bridgehead atoms. The molecule has 0 aliphatic carbocycles. The maximum absolute atomic E-state index is 11.9. The highest BCUT2D eigenvalue weighted by molar-refractivity contribution is 14.0. The van der Waals surface area contributed by atoms with Gasteiger partial charge in [-0.1, -0.05) is 24.3 Å². The fraction of sp³-hybridized carbons (Fsp3) is 0.417. The van der Waals surface area contributed by atoms with E-state index in [9.17, 15) is 8.42 Å². The van der Waals surface area contributed by atoms with Crippen LogP contribution in [0.25, 0.3) is 0 Å². The Labute approximate surface area is 137 Å². The Kier molecular flexibility index (Phi) is 8.06. The van der Waals surface area contributed by atoms with Crippen LogP contribution >= 0.6 is 24.0 Å². The number of hydrogen-bond donors (Lipinski definition) is 3. The molecule has 0 aliphatic heterocycles. The SMILES string of the molecule is CC(C)NS(=O)(=O)Cc1ccccc1CN=C(N)N.I. The van der Waals surface area contributed by atoms with Crippen molar-refractivity contribution >= 4 is 40.0 Å². The quantitative estimate of drug-likeness (QED) is 0.366. The lowest BCUT2D eigenvalue weighted by Gasteiger charge is -2.11. The molecule has 0 fully saturated rings. The number of nitrogens with two attached hydrogens (primary N) is 2. The zero-order chi connectivity index (χ0) is 14.5. The van der Waals surface area contributed by atoms with E-state index in [0.29, 0.717) is 5.56 Å². The summed E-state index contributed by atoms with van der Waals surface area (Å²) in [7, 11) is -3.36. The molecule has 8 heteroatoms. The van der Waals surface area contributed by atoms with Crippen LogP contribution in [-0.4, -0.2) is 20.4 Å². The van der Waals surface area contributed by atoms with Crippen LogP contribution in [0.2, 0.25) is 0 Å². The monoisotopic (exact) mass is 412 g/mol. The Bertz CT molecular complexity index is 554. The van der Waals surface area contributed by atoms with Crippen molar-refractivity contribution < 1.29 is 8.42 Å².